The molecule has 4 heteroatoms. The molecule has 0 aliphatic heterocycles. The number of ether oxygens (including phenoxy) is 1. The van der Waals surface area contributed by atoms with Crippen molar-refractivity contribution in [2.45, 2.75) is 19.8 Å². The van der Waals surface area contributed by atoms with Crippen LogP contribution in [0.4, 0.5) is 5.69 Å². The highest BCUT2D eigenvalue weighted by atomic mass is 16.5. The predicted molar refractivity (Wildman–Crippen MR) is 58.2 cm³/mol. The first-order valence-corrected chi connectivity index (χ1v) is 4.84. The van der Waals surface area contributed by atoms with Crippen LogP contribution in [0.3, 0.4) is 0 Å². The highest BCUT2D eigenvalue weighted by molar-refractivity contribution is 5.90. The standard InChI is InChI=1S/C11H15NO3/c1-3-4-11(14)12-8-5-6-9(13)10(7-8)15-2/h5-7,13H,3-4H2,1-2H3,(H,12,14). The number of benzene rings is 1. The number of phenolic OH excluding ortho intramolecular Hbond substituents is 1. The summed E-state index contributed by atoms with van der Waals surface area (Å²) in [4.78, 5) is 11.3. The van der Waals surface area contributed by atoms with Crippen LogP contribution in [-0.4, -0.2) is 18.1 Å². The molecule has 0 heterocycles. The van der Waals surface area contributed by atoms with Gasteiger partial charge in [0.1, 0.15) is 0 Å². The number of carbonyl (C=O) groups is 1. The third kappa shape index (κ3) is 3.16. The number of nitrogens with one attached hydrogen (secondary N) is 1. The van der Waals surface area contributed by atoms with E-state index in [0.29, 0.717) is 17.9 Å². The Morgan fingerprint density at radius 3 is 2.87 bits per heavy atom. The molecule has 0 spiro atoms. The largest absolute Gasteiger partial charge is 0.504 e. The molecular weight excluding hydrogens is 194 g/mol. The fraction of sp³-hybridized carbons (Fsp3) is 0.364. The van der Waals surface area contributed by atoms with Gasteiger partial charge in [-0.3, -0.25) is 4.79 Å². The number of phenols is 1. The first-order valence-electron chi connectivity index (χ1n) is 4.84. The van der Waals surface area contributed by atoms with E-state index in [1.54, 1.807) is 12.1 Å². The maximum Gasteiger partial charge on any atom is 0.224 e. The van der Waals surface area contributed by atoms with E-state index in [9.17, 15) is 9.90 Å². The van der Waals surface area contributed by atoms with Crippen LogP contribution in [0.15, 0.2) is 18.2 Å². The van der Waals surface area contributed by atoms with E-state index in [4.69, 9.17) is 4.74 Å². The smallest absolute Gasteiger partial charge is 0.224 e. The van der Waals surface area contributed by atoms with Crippen molar-refractivity contribution in [1.82, 2.24) is 0 Å². The van der Waals surface area contributed by atoms with Gasteiger partial charge in [0, 0.05) is 18.2 Å². The fourth-order valence-electron chi connectivity index (χ4n) is 1.21. The van der Waals surface area contributed by atoms with Crippen LogP contribution in [0.1, 0.15) is 19.8 Å². The summed E-state index contributed by atoms with van der Waals surface area (Å²) >= 11 is 0. The minimum Gasteiger partial charge on any atom is -0.504 e. The molecule has 4 nitrogen and oxygen atoms in total. The topological polar surface area (TPSA) is 58.6 Å². The first-order chi connectivity index (χ1) is 7.17. The van der Waals surface area contributed by atoms with E-state index in [-0.39, 0.29) is 11.7 Å². The third-order valence-electron chi connectivity index (χ3n) is 1.94. The zero-order chi connectivity index (χ0) is 11.3. The molecule has 1 rings (SSSR count). The van der Waals surface area contributed by atoms with Gasteiger partial charge < -0.3 is 15.2 Å². The molecular formula is C11H15NO3. The molecule has 0 unspecified atom stereocenters. The van der Waals surface area contributed by atoms with Crippen LogP contribution >= 0.6 is 0 Å². The molecule has 1 aromatic carbocycles. The lowest BCUT2D eigenvalue weighted by molar-refractivity contribution is -0.116. The maximum atomic E-state index is 11.3. The van der Waals surface area contributed by atoms with Gasteiger partial charge in [-0.15, -0.1) is 0 Å². The fourth-order valence-corrected chi connectivity index (χ4v) is 1.21. The van der Waals surface area contributed by atoms with Gasteiger partial charge in [-0.1, -0.05) is 6.92 Å². The number of carbonyl (C=O) groups excluding carboxylic acids is 1. The summed E-state index contributed by atoms with van der Waals surface area (Å²) in [5.41, 5.74) is 0.628. The Morgan fingerprint density at radius 2 is 2.27 bits per heavy atom. The third-order valence-corrected chi connectivity index (χ3v) is 1.94. The first kappa shape index (κ1) is 11.4. The van der Waals surface area contributed by atoms with Crippen molar-refractivity contribution in [3.63, 3.8) is 0 Å². The quantitative estimate of drug-likeness (QED) is 0.747. The Hall–Kier alpha value is -1.71. The van der Waals surface area contributed by atoms with Crippen molar-refractivity contribution in [2.24, 2.45) is 0 Å². The minimum atomic E-state index is -0.0368. The van der Waals surface area contributed by atoms with Crippen LogP contribution in [0.25, 0.3) is 0 Å². The molecule has 15 heavy (non-hydrogen) atoms. The second kappa shape index (κ2) is 5.24. The van der Waals surface area contributed by atoms with Crippen LogP contribution < -0.4 is 10.1 Å². The van der Waals surface area contributed by atoms with E-state index in [1.807, 2.05) is 6.92 Å². The summed E-state index contributed by atoms with van der Waals surface area (Å²) in [6, 6.07) is 4.70. The SMILES string of the molecule is CCCC(=O)Nc1ccc(O)c(OC)c1. The molecule has 0 radical (unpaired) electrons. The van der Waals surface area contributed by atoms with Crippen molar-refractivity contribution in [3.8, 4) is 11.5 Å². The number of methoxy groups -OCH3 is 1. The van der Waals surface area contributed by atoms with Gasteiger partial charge in [-0.05, 0) is 18.6 Å². The van der Waals surface area contributed by atoms with Gasteiger partial charge in [0.15, 0.2) is 11.5 Å². The minimum absolute atomic E-state index is 0.0368. The molecule has 1 amide bonds. The Balaban J connectivity index is 2.74. The Bertz CT molecular complexity index is 350. The van der Waals surface area contributed by atoms with Crippen LogP contribution in [0, 0.1) is 0 Å². The Morgan fingerprint density at radius 1 is 1.53 bits per heavy atom. The summed E-state index contributed by atoms with van der Waals surface area (Å²) in [5.74, 6) is 0.375. The molecule has 0 aliphatic carbocycles. The van der Waals surface area contributed by atoms with Gasteiger partial charge in [-0.2, -0.15) is 0 Å². The van der Waals surface area contributed by atoms with Crippen molar-refractivity contribution in [3.05, 3.63) is 18.2 Å². The van der Waals surface area contributed by atoms with E-state index in [0.717, 1.165) is 6.42 Å². The van der Waals surface area contributed by atoms with Gasteiger partial charge >= 0.3 is 0 Å². The average molecular weight is 209 g/mol. The van der Waals surface area contributed by atoms with Gasteiger partial charge in [0.05, 0.1) is 7.11 Å². The van der Waals surface area contributed by atoms with E-state index >= 15 is 0 Å². The zero-order valence-electron chi connectivity index (χ0n) is 8.91. The zero-order valence-corrected chi connectivity index (χ0v) is 8.91. The van der Waals surface area contributed by atoms with Gasteiger partial charge in [0.2, 0.25) is 5.91 Å². The molecule has 0 aromatic heterocycles. The number of amides is 1. The molecule has 0 fully saturated rings. The van der Waals surface area contributed by atoms with Gasteiger partial charge in [0.25, 0.3) is 0 Å². The number of anilines is 1. The Kier molecular flexibility index (Phi) is 3.97. The Labute approximate surface area is 88.9 Å². The molecule has 1 aromatic rings. The number of hydrogen-bond acceptors (Lipinski definition) is 3. The van der Waals surface area contributed by atoms with E-state index in [1.165, 1.54) is 13.2 Å². The second-order valence-electron chi connectivity index (χ2n) is 3.18. The van der Waals surface area contributed by atoms with Crippen LogP contribution in [0.2, 0.25) is 0 Å². The van der Waals surface area contributed by atoms with Crippen LogP contribution in [-0.2, 0) is 4.79 Å². The number of hydrogen-bond donors (Lipinski definition) is 2. The summed E-state index contributed by atoms with van der Waals surface area (Å²) in [5, 5.41) is 12.0. The molecule has 0 saturated carbocycles. The number of rotatable bonds is 4. The average Bonchev–Trinajstić information content (AvgIpc) is 2.21. The number of aromatic hydroxyl groups is 1. The lowest BCUT2D eigenvalue weighted by Gasteiger charge is -2.07. The normalized spacial score (nSPS) is 9.73. The lowest BCUT2D eigenvalue weighted by Crippen LogP contribution is -2.10. The van der Waals surface area contributed by atoms with Crippen LogP contribution in [0.5, 0.6) is 11.5 Å². The summed E-state index contributed by atoms with van der Waals surface area (Å²) < 4.78 is 4.93. The summed E-state index contributed by atoms with van der Waals surface area (Å²) in [6.45, 7) is 1.94. The van der Waals surface area contributed by atoms with Crippen molar-refractivity contribution in [2.75, 3.05) is 12.4 Å². The van der Waals surface area contributed by atoms with Crippen molar-refractivity contribution < 1.29 is 14.6 Å². The highest BCUT2D eigenvalue weighted by Gasteiger charge is 2.05. The van der Waals surface area contributed by atoms with E-state index < -0.39 is 0 Å². The van der Waals surface area contributed by atoms with Gasteiger partial charge in [-0.25, -0.2) is 0 Å². The molecule has 0 aliphatic rings. The lowest BCUT2D eigenvalue weighted by atomic mass is 10.2. The van der Waals surface area contributed by atoms with Crippen molar-refractivity contribution >= 4 is 11.6 Å². The second-order valence-corrected chi connectivity index (χ2v) is 3.18. The maximum absolute atomic E-state index is 11.3. The molecule has 82 valence electrons. The highest BCUT2D eigenvalue weighted by Crippen LogP contribution is 2.28. The van der Waals surface area contributed by atoms with Crippen molar-refractivity contribution in [1.29, 1.82) is 0 Å². The van der Waals surface area contributed by atoms with E-state index in [2.05, 4.69) is 5.32 Å². The summed E-state index contributed by atoms with van der Waals surface area (Å²) in [7, 11) is 1.46. The molecule has 2 N–H and O–H groups in total. The summed E-state index contributed by atoms with van der Waals surface area (Å²) in [6.07, 6.45) is 1.30. The monoisotopic (exact) mass is 209 g/mol. The molecule has 0 bridgehead atoms. The molecule has 0 atom stereocenters. The molecule has 0 saturated heterocycles. The predicted octanol–water partition coefficient (Wildman–Crippen LogP) is 2.14.